The van der Waals surface area contributed by atoms with Crippen LogP contribution in [0.5, 0.6) is 0 Å². The normalized spacial score (nSPS) is 19.8. The molecule has 3 aromatic rings. The van der Waals surface area contributed by atoms with Crippen LogP contribution in [0.25, 0.3) is 11.3 Å². The van der Waals surface area contributed by atoms with Gasteiger partial charge in [0.05, 0.1) is 23.2 Å². The van der Waals surface area contributed by atoms with E-state index in [-0.39, 0.29) is 42.6 Å². The highest BCUT2D eigenvalue weighted by molar-refractivity contribution is 5.91. The van der Waals surface area contributed by atoms with Gasteiger partial charge in [-0.25, -0.2) is 28.5 Å². The topological polar surface area (TPSA) is 140 Å². The van der Waals surface area contributed by atoms with Crippen molar-refractivity contribution >= 4 is 17.9 Å². The Morgan fingerprint density at radius 3 is 2.51 bits per heavy atom. The molecule has 1 aromatic carbocycles. The molecule has 0 unspecified atom stereocenters. The number of benzene rings is 1. The Labute approximate surface area is 234 Å². The molecule has 1 aliphatic carbocycles. The van der Waals surface area contributed by atoms with Gasteiger partial charge in [-0.3, -0.25) is 9.59 Å². The lowest BCUT2D eigenvalue weighted by atomic mass is 9.90. The smallest absolute Gasteiger partial charge is 0.410 e. The number of nitrogens with zero attached hydrogens (tertiary/aromatic N) is 4. The fourth-order valence-electron chi connectivity index (χ4n) is 4.71. The van der Waals surface area contributed by atoms with Crippen molar-refractivity contribution in [2.24, 2.45) is 5.92 Å². The lowest BCUT2D eigenvalue weighted by molar-refractivity contribution is -0.128. The largest absolute Gasteiger partial charge is 0.444 e. The summed E-state index contributed by atoms with van der Waals surface area (Å²) < 4.78 is 38.5. The minimum Gasteiger partial charge on any atom is -0.444 e. The van der Waals surface area contributed by atoms with Crippen molar-refractivity contribution in [3.05, 3.63) is 66.2 Å². The van der Waals surface area contributed by atoms with Crippen LogP contribution in [0.3, 0.4) is 0 Å². The van der Waals surface area contributed by atoms with Gasteiger partial charge in [0.25, 0.3) is 5.89 Å². The maximum atomic E-state index is 14.2. The minimum absolute atomic E-state index is 0.00492. The zero-order chi connectivity index (χ0) is 29.4. The Kier molecular flexibility index (Phi) is 7.45. The number of amides is 3. The molecular formula is C28H30F2N6O5. The van der Waals surface area contributed by atoms with Crippen LogP contribution >= 0.6 is 0 Å². The molecule has 1 aliphatic heterocycles. The van der Waals surface area contributed by atoms with E-state index in [1.165, 1.54) is 11.0 Å². The van der Waals surface area contributed by atoms with Gasteiger partial charge in [0, 0.05) is 37.6 Å². The summed E-state index contributed by atoms with van der Waals surface area (Å²) in [7, 11) is 0. The molecular weight excluding hydrogens is 538 g/mol. The van der Waals surface area contributed by atoms with Gasteiger partial charge in [0.2, 0.25) is 5.91 Å². The lowest BCUT2D eigenvalue weighted by Crippen LogP contribution is -2.58. The van der Waals surface area contributed by atoms with Gasteiger partial charge < -0.3 is 24.7 Å². The molecule has 3 amide bonds. The van der Waals surface area contributed by atoms with E-state index >= 15 is 0 Å². The van der Waals surface area contributed by atoms with Crippen molar-refractivity contribution in [3.8, 4) is 11.3 Å². The van der Waals surface area contributed by atoms with Gasteiger partial charge in [0.1, 0.15) is 17.2 Å². The standard InChI is InChI=1S/C28H30F2N6O5/c1-27(2,3)41-26(39)36-12-7-20(18(15-36)22(37)35-28(8-9-28)25-31-10-4-11-32-25)34-23(38)24-33-14-21(40-24)17-6-5-16(29)13-19(17)30/h4-6,10-11,13-14,18,20H,7-9,12,15H2,1-3H3,(H,34,38)(H,35,37)/t18-,20-/m0/s1. The molecule has 2 aliphatic rings. The number of carbonyl (C=O) groups excluding carboxylic acids is 3. The second-order valence-electron chi connectivity index (χ2n) is 11.2. The van der Waals surface area contributed by atoms with Crippen molar-refractivity contribution < 1.29 is 32.3 Å². The van der Waals surface area contributed by atoms with Gasteiger partial charge in [-0.2, -0.15) is 0 Å². The summed E-state index contributed by atoms with van der Waals surface area (Å²) in [5.41, 5.74) is -1.49. The Balaban J connectivity index is 1.34. The van der Waals surface area contributed by atoms with Gasteiger partial charge in [-0.1, -0.05) is 0 Å². The first-order valence-corrected chi connectivity index (χ1v) is 13.2. The van der Waals surface area contributed by atoms with E-state index in [1.54, 1.807) is 39.2 Å². The van der Waals surface area contributed by atoms with E-state index in [0.717, 1.165) is 12.3 Å². The molecule has 0 spiro atoms. The average molecular weight is 569 g/mol. The number of rotatable bonds is 6. The predicted octanol–water partition coefficient (Wildman–Crippen LogP) is 3.57. The number of piperidine rings is 1. The highest BCUT2D eigenvalue weighted by Gasteiger charge is 2.50. The maximum absolute atomic E-state index is 14.2. The molecule has 5 rings (SSSR count). The average Bonchev–Trinajstić information content (AvgIpc) is 3.53. The molecule has 3 heterocycles. The van der Waals surface area contributed by atoms with Crippen molar-refractivity contribution in [2.45, 2.75) is 57.2 Å². The number of halogens is 2. The van der Waals surface area contributed by atoms with Crippen LogP contribution in [0, 0.1) is 17.6 Å². The summed E-state index contributed by atoms with van der Waals surface area (Å²) in [5.74, 6) is -3.48. The van der Waals surface area contributed by atoms with Crippen LogP contribution in [-0.2, 0) is 15.1 Å². The van der Waals surface area contributed by atoms with E-state index in [0.29, 0.717) is 24.7 Å². The summed E-state index contributed by atoms with van der Waals surface area (Å²) in [4.78, 5) is 53.6. The van der Waals surface area contributed by atoms with E-state index in [4.69, 9.17) is 9.15 Å². The van der Waals surface area contributed by atoms with Crippen molar-refractivity contribution in [2.75, 3.05) is 13.1 Å². The number of oxazole rings is 1. The van der Waals surface area contributed by atoms with Gasteiger partial charge in [-0.15, -0.1) is 0 Å². The van der Waals surface area contributed by atoms with Gasteiger partial charge >= 0.3 is 12.0 Å². The minimum atomic E-state index is -0.865. The third-order valence-corrected chi connectivity index (χ3v) is 6.92. The molecule has 216 valence electrons. The number of hydrogen-bond acceptors (Lipinski definition) is 8. The van der Waals surface area contributed by atoms with Crippen molar-refractivity contribution in [3.63, 3.8) is 0 Å². The lowest BCUT2D eigenvalue weighted by Gasteiger charge is -2.38. The summed E-state index contributed by atoms with van der Waals surface area (Å²) >= 11 is 0. The van der Waals surface area contributed by atoms with Crippen LogP contribution in [0.4, 0.5) is 13.6 Å². The molecule has 11 nitrogen and oxygen atoms in total. The van der Waals surface area contributed by atoms with E-state index < -0.39 is 46.7 Å². The van der Waals surface area contributed by atoms with Crippen molar-refractivity contribution in [1.29, 1.82) is 0 Å². The zero-order valence-corrected chi connectivity index (χ0v) is 22.8. The van der Waals surface area contributed by atoms with E-state index in [1.807, 2.05) is 0 Å². The van der Waals surface area contributed by atoms with Crippen LogP contribution in [0.1, 0.15) is 56.5 Å². The fraction of sp³-hybridized carbons (Fsp3) is 0.429. The third kappa shape index (κ3) is 6.34. The zero-order valence-electron chi connectivity index (χ0n) is 22.8. The number of nitrogens with one attached hydrogen (secondary N) is 2. The number of ether oxygens (including phenoxy) is 1. The molecule has 2 aromatic heterocycles. The number of aromatic nitrogens is 3. The van der Waals surface area contributed by atoms with Crippen LogP contribution < -0.4 is 10.6 Å². The second kappa shape index (κ2) is 10.9. The summed E-state index contributed by atoms with van der Waals surface area (Å²) in [5, 5.41) is 5.82. The highest BCUT2D eigenvalue weighted by atomic mass is 19.1. The van der Waals surface area contributed by atoms with E-state index in [2.05, 4.69) is 25.6 Å². The van der Waals surface area contributed by atoms with Crippen molar-refractivity contribution in [1.82, 2.24) is 30.5 Å². The molecule has 0 radical (unpaired) electrons. The van der Waals surface area contributed by atoms with Gasteiger partial charge in [-0.05, 0) is 58.2 Å². The van der Waals surface area contributed by atoms with Crippen LogP contribution in [0.2, 0.25) is 0 Å². The number of likely N-dealkylation sites (tertiary alicyclic amines) is 1. The Morgan fingerprint density at radius 1 is 1.12 bits per heavy atom. The van der Waals surface area contributed by atoms with Crippen LogP contribution in [-0.4, -0.2) is 62.5 Å². The quantitative estimate of drug-likeness (QED) is 0.460. The number of hydrogen-bond donors (Lipinski definition) is 2. The SMILES string of the molecule is CC(C)(C)OC(=O)N1CC[C@H](NC(=O)c2ncc(-c3ccc(F)cc3F)o2)[C@@H](C(=O)NC2(c3ncccn3)CC2)C1. The molecule has 0 bridgehead atoms. The first kappa shape index (κ1) is 28.1. The summed E-state index contributed by atoms with van der Waals surface area (Å²) in [6, 6.07) is 3.95. The Bertz CT molecular complexity index is 1450. The molecule has 2 fully saturated rings. The summed E-state index contributed by atoms with van der Waals surface area (Å²) in [6.07, 6.45) is 5.36. The molecule has 13 heteroatoms. The first-order chi connectivity index (χ1) is 19.4. The van der Waals surface area contributed by atoms with Gasteiger partial charge in [0.15, 0.2) is 11.6 Å². The monoisotopic (exact) mass is 568 g/mol. The molecule has 2 N–H and O–H groups in total. The second-order valence-corrected chi connectivity index (χ2v) is 11.2. The fourth-order valence-corrected chi connectivity index (χ4v) is 4.71. The molecule has 41 heavy (non-hydrogen) atoms. The predicted molar refractivity (Wildman–Crippen MR) is 140 cm³/mol. The van der Waals surface area contributed by atoms with E-state index in [9.17, 15) is 23.2 Å². The number of carbonyl (C=O) groups is 3. The Hall–Kier alpha value is -4.42. The maximum Gasteiger partial charge on any atom is 0.410 e. The molecule has 1 saturated heterocycles. The highest BCUT2D eigenvalue weighted by Crippen LogP contribution is 2.44. The first-order valence-electron chi connectivity index (χ1n) is 13.2. The molecule has 1 saturated carbocycles. The molecule has 2 atom stereocenters. The van der Waals surface area contributed by atoms with Crippen LogP contribution in [0.15, 0.2) is 47.3 Å². The third-order valence-electron chi connectivity index (χ3n) is 6.92. The Morgan fingerprint density at radius 2 is 1.85 bits per heavy atom. The summed E-state index contributed by atoms with van der Waals surface area (Å²) in [6.45, 7) is 5.48.